The molecule has 0 saturated carbocycles. The van der Waals surface area contributed by atoms with Crippen LogP contribution in [0.3, 0.4) is 0 Å². The number of aromatic nitrogens is 1. The molecule has 0 atom stereocenters. The van der Waals surface area contributed by atoms with Crippen molar-refractivity contribution in [3.63, 3.8) is 0 Å². The Labute approximate surface area is 168 Å². The summed E-state index contributed by atoms with van der Waals surface area (Å²) in [6.45, 7) is 1.37. The molecule has 0 unspecified atom stereocenters. The van der Waals surface area contributed by atoms with Crippen LogP contribution in [0.2, 0.25) is 0 Å². The van der Waals surface area contributed by atoms with Crippen molar-refractivity contribution in [1.82, 2.24) is 9.29 Å². The quantitative estimate of drug-likeness (QED) is 0.649. The number of alkyl halides is 2. The molecule has 1 fully saturated rings. The minimum atomic E-state index is -3.77. The second-order valence-electron chi connectivity index (χ2n) is 7.35. The molecule has 2 aromatic carbocycles. The van der Waals surface area contributed by atoms with Gasteiger partial charge in [0.1, 0.15) is 5.75 Å². The van der Waals surface area contributed by atoms with Crippen molar-refractivity contribution >= 4 is 20.9 Å². The maximum atomic E-state index is 13.1. The van der Waals surface area contributed by atoms with Gasteiger partial charge in [0.2, 0.25) is 10.0 Å². The van der Waals surface area contributed by atoms with E-state index in [1.807, 2.05) is 24.4 Å². The first-order valence-electron chi connectivity index (χ1n) is 9.47. The fourth-order valence-electron chi connectivity index (χ4n) is 3.89. The predicted octanol–water partition coefficient (Wildman–Crippen LogP) is 4.73. The molecular weight excluding hydrogens is 398 g/mol. The summed E-state index contributed by atoms with van der Waals surface area (Å²) < 4.78 is 58.1. The van der Waals surface area contributed by atoms with Gasteiger partial charge in [-0.1, -0.05) is 24.3 Å². The fourth-order valence-corrected chi connectivity index (χ4v) is 5.40. The van der Waals surface area contributed by atoms with E-state index in [4.69, 9.17) is 0 Å². The maximum absolute atomic E-state index is 13.1. The zero-order valence-electron chi connectivity index (χ0n) is 15.9. The lowest BCUT2D eigenvalue weighted by atomic mass is 9.90. The topological polar surface area (TPSA) is 62.4 Å². The second-order valence-corrected chi connectivity index (χ2v) is 9.29. The first kappa shape index (κ1) is 19.8. The van der Waals surface area contributed by atoms with Gasteiger partial charge in [0.25, 0.3) is 0 Å². The number of piperidine rings is 1. The number of halogens is 2. The summed E-state index contributed by atoms with van der Waals surface area (Å²) in [4.78, 5) is 3.23. The van der Waals surface area contributed by atoms with Gasteiger partial charge in [0.15, 0.2) is 0 Å². The van der Waals surface area contributed by atoms with E-state index in [-0.39, 0.29) is 16.6 Å². The Morgan fingerprint density at radius 2 is 1.83 bits per heavy atom. The van der Waals surface area contributed by atoms with Crippen LogP contribution in [0.25, 0.3) is 10.9 Å². The molecule has 5 nitrogen and oxygen atoms in total. The largest absolute Gasteiger partial charge is 0.433 e. The summed E-state index contributed by atoms with van der Waals surface area (Å²) in [6, 6.07) is 13.3. The second kappa shape index (κ2) is 7.42. The molecule has 1 aromatic heterocycles. The number of hydrogen-bond acceptors (Lipinski definition) is 3. The first-order valence-corrected chi connectivity index (χ1v) is 10.9. The van der Waals surface area contributed by atoms with Crippen molar-refractivity contribution in [3.05, 3.63) is 60.3 Å². The van der Waals surface area contributed by atoms with E-state index in [1.54, 1.807) is 0 Å². The normalized spacial score (nSPS) is 16.9. The number of ether oxygens (including phenoxy) is 1. The summed E-state index contributed by atoms with van der Waals surface area (Å²) in [7, 11) is -3.77. The number of H-pyrrole nitrogens is 1. The van der Waals surface area contributed by atoms with Crippen LogP contribution >= 0.6 is 0 Å². The van der Waals surface area contributed by atoms with Crippen LogP contribution in [-0.4, -0.2) is 36.9 Å². The molecule has 0 radical (unpaired) electrons. The molecule has 3 aromatic rings. The summed E-state index contributed by atoms with van der Waals surface area (Å²) in [5, 5.41) is 1.17. The van der Waals surface area contributed by atoms with Gasteiger partial charge in [-0.05, 0) is 42.5 Å². The Balaban J connectivity index is 1.50. The molecule has 1 N–H and O–H groups in total. The third kappa shape index (κ3) is 4.13. The van der Waals surface area contributed by atoms with Crippen molar-refractivity contribution in [2.24, 2.45) is 0 Å². The number of hydrogen-bond donors (Lipinski definition) is 1. The molecule has 29 heavy (non-hydrogen) atoms. The minimum Gasteiger partial charge on any atom is -0.433 e. The highest BCUT2D eigenvalue weighted by atomic mass is 32.2. The number of nitrogens with one attached hydrogen (secondary N) is 1. The molecule has 0 amide bonds. The van der Waals surface area contributed by atoms with E-state index in [1.165, 1.54) is 33.5 Å². The van der Waals surface area contributed by atoms with E-state index < -0.39 is 16.1 Å². The first-order chi connectivity index (χ1) is 13.7. The zero-order chi connectivity index (χ0) is 20.6. The van der Waals surface area contributed by atoms with E-state index in [0.717, 1.165) is 11.6 Å². The molecule has 0 bridgehead atoms. The molecule has 2 heterocycles. The molecule has 8 heteroatoms. The molecule has 0 spiro atoms. The number of aromatic amines is 1. The molecule has 0 aliphatic carbocycles. The van der Waals surface area contributed by atoms with E-state index in [2.05, 4.69) is 15.8 Å². The van der Waals surface area contributed by atoms with Crippen LogP contribution in [0.4, 0.5) is 8.78 Å². The van der Waals surface area contributed by atoms with Gasteiger partial charge in [-0.3, -0.25) is 0 Å². The van der Waals surface area contributed by atoms with Crippen LogP contribution in [0, 0.1) is 0 Å². The molecule has 1 aliphatic rings. The van der Waals surface area contributed by atoms with Crippen LogP contribution in [0.5, 0.6) is 5.75 Å². The van der Waals surface area contributed by atoms with Crippen LogP contribution in [0.15, 0.2) is 59.6 Å². The molecule has 1 saturated heterocycles. The van der Waals surface area contributed by atoms with Gasteiger partial charge in [-0.15, -0.1) is 0 Å². The Morgan fingerprint density at radius 1 is 1.10 bits per heavy atom. The molecule has 1 aliphatic heterocycles. The van der Waals surface area contributed by atoms with Gasteiger partial charge in [0, 0.05) is 43.2 Å². The average molecular weight is 420 g/mol. The van der Waals surface area contributed by atoms with Crippen molar-refractivity contribution in [1.29, 1.82) is 0 Å². The average Bonchev–Trinajstić information content (AvgIpc) is 3.11. The van der Waals surface area contributed by atoms with Crippen LogP contribution in [-0.2, 0) is 10.0 Å². The van der Waals surface area contributed by atoms with E-state index in [0.29, 0.717) is 32.9 Å². The third-order valence-corrected chi connectivity index (χ3v) is 7.15. The number of rotatable bonds is 5. The van der Waals surface area contributed by atoms with Gasteiger partial charge in [0.05, 0.1) is 4.90 Å². The SMILES string of the molecule is CC(F)(F)Oc1cccc(S(=O)(=O)N2CCC(c3c[nH]c4ccccc34)CC2)c1. The predicted molar refractivity (Wildman–Crippen MR) is 107 cm³/mol. The van der Waals surface area contributed by atoms with Crippen molar-refractivity contribution in [2.45, 2.75) is 36.7 Å². The van der Waals surface area contributed by atoms with Crippen molar-refractivity contribution in [2.75, 3.05) is 13.1 Å². The lowest BCUT2D eigenvalue weighted by Gasteiger charge is -2.31. The number of sulfonamides is 1. The Bertz CT molecular complexity index is 1110. The number of fused-ring (bicyclic) bond motifs is 1. The summed E-state index contributed by atoms with van der Waals surface area (Å²) in [5.74, 6) is 0.0957. The monoisotopic (exact) mass is 420 g/mol. The van der Waals surface area contributed by atoms with Crippen LogP contribution < -0.4 is 4.74 Å². The van der Waals surface area contributed by atoms with E-state index >= 15 is 0 Å². The molecule has 4 rings (SSSR count). The Morgan fingerprint density at radius 3 is 2.55 bits per heavy atom. The van der Waals surface area contributed by atoms with Crippen molar-refractivity contribution in [3.8, 4) is 5.75 Å². The molecule has 154 valence electrons. The highest BCUT2D eigenvalue weighted by Crippen LogP contribution is 2.35. The lowest BCUT2D eigenvalue weighted by molar-refractivity contribution is -0.159. The molecular formula is C21H22F2N2O3S. The maximum Gasteiger partial charge on any atom is 0.394 e. The highest BCUT2D eigenvalue weighted by Gasteiger charge is 2.31. The fraction of sp³-hybridized carbons (Fsp3) is 0.333. The number of nitrogens with zero attached hydrogens (tertiary/aromatic N) is 1. The smallest absolute Gasteiger partial charge is 0.394 e. The van der Waals surface area contributed by atoms with Crippen LogP contribution in [0.1, 0.15) is 31.2 Å². The zero-order valence-corrected chi connectivity index (χ0v) is 16.8. The van der Waals surface area contributed by atoms with Gasteiger partial charge in [-0.2, -0.15) is 13.1 Å². The Hall–Kier alpha value is -2.45. The Kier molecular flexibility index (Phi) is 5.08. The van der Waals surface area contributed by atoms with Gasteiger partial charge < -0.3 is 9.72 Å². The lowest BCUT2D eigenvalue weighted by Crippen LogP contribution is -2.37. The summed E-state index contributed by atoms with van der Waals surface area (Å²) in [5.41, 5.74) is 2.28. The summed E-state index contributed by atoms with van der Waals surface area (Å²) in [6.07, 6.45) is 0.0277. The van der Waals surface area contributed by atoms with E-state index in [9.17, 15) is 17.2 Å². The van der Waals surface area contributed by atoms with Crippen molar-refractivity contribution < 1.29 is 21.9 Å². The third-order valence-electron chi connectivity index (χ3n) is 5.26. The summed E-state index contributed by atoms with van der Waals surface area (Å²) >= 11 is 0. The highest BCUT2D eigenvalue weighted by molar-refractivity contribution is 7.89. The standard InChI is InChI=1S/C21H22F2N2O3S/c1-21(22,23)28-16-5-4-6-17(13-16)29(26,27)25-11-9-15(10-12-25)19-14-24-20-8-3-2-7-18(19)20/h2-8,13-15,24H,9-12H2,1H3. The van der Waals surface area contributed by atoms with Gasteiger partial charge >= 0.3 is 6.11 Å². The van der Waals surface area contributed by atoms with Gasteiger partial charge in [-0.25, -0.2) is 8.42 Å². The minimum absolute atomic E-state index is 0.0372. The number of para-hydroxylation sites is 1. The number of benzene rings is 2.